The fourth-order valence-electron chi connectivity index (χ4n) is 2.92. The van der Waals surface area contributed by atoms with Gasteiger partial charge in [0.1, 0.15) is 0 Å². The van der Waals surface area contributed by atoms with E-state index in [1.54, 1.807) is 0 Å². The van der Waals surface area contributed by atoms with Gasteiger partial charge in [-0.25, -0.2) is 0 Å². The zero-order valence-corrected chi connectivity index (χ0v) is 15.0. The first-order valence-corrected chi connectivity index (χ1v) is 9.58. The number of unbranched alkanes of at least 4 members (excludes halogenated alkanes) is 8. The lowest BCUT2D eigenvalue weighted by Gasteiger charge is -2.19. The molecule has 0 fully saturated rings. The Kier molecular flexibility index (Phi) is 15.7. The second kappa shape index (κ2) is 15.8. The second-order valence-corrected chi connectivity index (χ2v) is 6.95. The molecule has 3 heteroatoms. The summed E-state index contributed by atoms with van der Waals surface area (Å²) in [5.41, 5.74) is 0. The minimum absolute atomic E-state index is 0.0633. The summed E-state index contributed by atoms with van der Waals surface area (Å²) < 4.78 is 0. The molecule has 3 unspecified atom stereocenters. The molecule has 0 radical (unpaired) electrons. The summed E-state index contributed by atoms with van der Waals surface area (Å²) in [7, 11) is 0. The maximum atomic E-state index is 9.77. The van der Waals surface area contributed by atoms with Gasteiger partial charge in [-0.15, -0.1) is 0 Å². The fraction of sp³-hybridized carbons (Fsp3) is 1.00. The lowest BCUT2D eigenvalue weighted by Crippen LogP contribution is -2.27. The van der Waals surface area contributed by atoms with E-state index in [9.17, 15) is 10.2 Å². The van der Waals surface area contributed by atoms with Crippen molar-refractivity contribution in [2.24, 2.45) is 5.92 Å². The van der Waals surface area contributed by atoms with Crippen LogP contribution in [0, 0.1) is 5.92 Å². The van der Waals surface area contributed by atoms with Crippen LogP contribution in [-0.4, -0.2) is 34.1 Å². The lowest BCUT2D eigenvalue weighted by atomic mass is 9.94. The van der Waals surface area contributed by atoms with Crippen LogP contribution in [0.25, 0.3) is 0 Å². The third-order valence-corrected chi connectivity index (χ3v) is 4.62. The first kappa shape index (κ1) is 21.9. The molecule has 22 heavy (non-hydrogen) atoms. The average Bonchev–Trinajstić information content (AvgIpc) is 2.51. The Morgan fingerprint density at radius 2 is 1.14 bits per heavy atom. The van der Waals surface area contributed by atoms with Gasteiger partial charge in [0, 0.05) is 6.61 Å². The molecule has 0 rings (SSSR count). The SMILES string of the molecule is CCCCCCCCCCCC(C)CCC(O)C(O)CCO. The molecule has 0 spiro atoms. The highest BCUT2D eigenvalue weighted by atomic mass is 16.3. The third kappa shape index (κ3) is 13.5. The zero-order valence-electron chi connectivity index (χ0n) is 15.0. The number of aliphatic hydroxyl groups is 3. The van der Waals surface area contributed by atoms with Crippen molar-refractivity contribution >= 4 is 0 Å². The van der Waals surface area contributed by atoms with E-state index >= 15 is 0 Å². The van der Waals surface area contributed by atoms with Crippen LogP contribution in [0.5, 0.6) is 0 Å². The van der Waals surface area contributed by atoms with E-state index in [1.807, 2.05) is 0 Å². The smallest absolute Gasteiger partial charge is 0.0820 e. The van der Waals surface area contributed by atoms with E-state index in [2.05, 4.69) is 13.8 Å². The summed E-state index contributed by atoms with van der Waals surface area (Å²) in [5.74, 6) is 0.612. The van der Waals surface area contributed by atoms with Gasteiger partial charge in [0.05, 0.1) is 12.2 Å². The Hall–Kier alpha value is -0.120. The van der Waals surface area contributed by atoms with Gasteiger partial charge in [0.2, 0.25) is 0 Å². The number of hydrogen-bond donors (Lipinski definition) is 3. The molecule has 0 aromatic carbocycles. The van der Waals surface area contributed by atoms with E-state index in [1.165, 1.54) is 64.2 Å². The predicted molar refractivity (Wildman–Crippen MR) is 94.0 cm³/mol. The molecule has 0 saturated heterocycles. The molecule has 3 nitrogen and oxygen atoms in total. The van der Waals surface area contributed by atoms with Crippen LogP contribution >= 0.6 is 0 Å². The molecular formula is C19H40O3. The summed E-state index contributed by atoms with van der Waals surface area (Å²) in [5, 5.41) is 28.1. The summed E-state index contributed by atoms with van der Waals surface area (Å²) in [6.45, 7) is 4.43. The lowest BCUT2D eigenvalue weighted by molar-refractivity contribution is -0.00182. The van der Waals surface area contributed by atoms with Gasteiger partial charge < -0.3 is 15.3 Å². The van der Waals surface area contributed by atoms with Gasteiger partial charge in [-0.05, 0) is 25.2 Å². The maximum absolute atomic E-state index is 9.77. The Bertz CT molecular complexity index is 221. The molecule has 0 aromatic rings. The van der Waals surface area contributed by atoms with Crippen LogP contribution in [0.1, 0.15) is 97.3 Å². The molecule has 3 N–H and O–H groups in total. The van der Waals surface area contributed by atoms with Gasteiger partial charge in [-0.3, -0.25) is 0 Å². The van der Waals surface area contributed by atoms with Crippen molar-refractivity contribution in [1.82, 2.24) is 0 Å². The topological polar surface area (TPSA) is 60.7 Å². The van der Waals surface area contributed by atoms with E-state index in [4.69, 9.17) is 5.11 Å². The highest BCUT2D eigenvalue weighted by molar-refractivity contribution is 4.68. The summed E-state index contributed by atoms with van der Waals surface area (Å²) in [6.07, 6.45) is 13.9. The van der Waals surface area contributed by atoms with Crippen molar-refractivity contribution in [2.45, 2.75) is 110 Å². The van der Waals surface area contributed by atoms with E-state index < -0.39 is 12.2 Å². The quantitative estimate of drug-likeness (QED) is 0.369. The summed E-state index contributed by atoms with van der Waals surface area (Å²) in [6, 6.07) is 0. The van der Waals surface area contributed by atoms with Crippen molar-refractivity contribution < 1.29 is 15.3 Å². The Labute approximate surface area is 138 Å². The largest absolute Gasteiger partial charge is 0.396 e. The Balaban J connectivity index is 3.37. The van der Waals surface area contributed by atoms with Crippen molar-refractivity contribution in [2.75, 3.05) is 6.61 Å². The molecule has 0 saturated carbocycles. The Morgan fingerprint density at radius 3 is 1.68 bits per heavy atom. The highest BCUT2D eigenvalue weighted by Gasteiger charge is 2.16. The molecule has 0 aliphatic carbocycles. The molecule has 0 aromatic heterocycles. The van der Waals surface area contributed by atoms with Gasteiger partial charge in [0.25, 0.3) is 0 Å². The summed E-state index contributed by atoms with van der Waals surface area (Å²) in [4.78, 5) is 0. The second-order valence-electron chi connectivity index (χ2n) is 6.95. The highest BCUT2D eigenvalue weighted by Crippen LogP contribution is 2.18. The number of hydrogen-bond acceptors (Lipinski definition) is 3. The van der Waals surface area contributed by atoms with Crippen molar-refractivity contribution in [3.63, 3.8) is 0 Å². The van der Waals surface area contributed by atoms with Gasteiger partial charge in [-0.1, -0.05) is 78.1 Å². The minimum Gasteiger partial charge on any atom is -0.396 e. The van der Waals surface area contributed by atoms with Gasteiger partial charge in [-0.2, -0.15) is 0 Å². The van der Waals surface area contributed by atoms with Crippen LogP contribution in [-0.2, 0) is 0 Å². The molecular weight excluding hydrogens is 276 g/mol. The van der Waals surface area contributed by atoms with Crippen LogP contribution in [0.3, 0.4) is 0 Å². The van der Waals surface area contributed by atoms with Crippen molar-refractivity contribution in [3.05, 3.63) is 0 Å². The normalized spacial score (nSPS) is 15.7. The van der Waals surface area contributed by atoms with Crippen LogP contribution in [0.2, 0.25) is 0 Å². The van der Waals surface area contributed by atoms with E-state index in [0.29, 0.717) is 12.3 Å². The molecule has 3 atom stereocenters. The third-order valence-electron chi connectivity index (χ3n) is 4.62. The first-order chi connectivity index (χ1) is 10.6. The average molecular weight is 317 g/mol. The molecule has 134 valence electrons. The summed E-state index contributed by atoms with van der Waals surface area (Å²) >= 11 is 0. The first-order valence-electron chi connectivity index (χ1n) is 9.58. The van der Waals surface area contributed by atoms with Gasteiger partial charge >= 0.3 is 0 Å². The van der Waals surface area contributed by atoms with Gasteiger partial charge in [0.15, 0.2) is 0 Å². The van der Waals surface area contributed by atoms with Crippen LogP contribution in [0.15, 0.2) is 0 Å². The predicted octanol–water partition coefficient (Wildman–Crippen LogP) is 4.43. The fourth-order valence-corrected chi connectivity index (χ4v) is 2.92. The van der Waals surface area contributed by atoms with Crippen LogP contribution < -0.4 is 0 Å². The molecule has 0 amide bonds. The monoisotopic (exact) mass is 316 g/mol. The standard InChI is InChI=1S/C19H40O3/c1-3-4-5-6-7-8-9-10-11-12-17(2)13-14-18(21)19(22)15-16-20/h17-22H,3-16H2,1-2H3. The molecule has 0 aliphatic heterocycles. The van der Waals surface area contributed by atoms with E-state index in [-0.39, 0.29) is 13.0 Å². The minimum atomic E-state index is -0.773. The van der Waals surface area contributed by atoms with Crippen molar-refractivity contribution in [1.29, 1.82) is 0 Å². The molecule has 0 heterocycles. The number of rotatable bonds is 16. The molecule has 0 bridgehead atoms. The van der Waals surface area contributed by atoms with Crippen molar-refractivity contribution in [3.8, 4) is 0 Å². The molecule has 0 aliphatic rings. The zero-order chi connectivity index (χ0) is 16.6. The maximum Gasteiger partial charge on any atom is 0.0820 e. The Morgan fingerprint density at radius 1 is 0.636 bits per heavy atom. The van der Waals surface area contributed by atoms with E-state index in [0.717, 1.165) is 6.42 Å². The number of aliphatic hydroxyl groups excluding tert-OH is 3. The van der Waals surface area contributed by atoms with Crippen LogP contribution in [0.4, 0.5) is 0 Å².